The fourth-order valence-electron chi connectivity index (χ4n) is 3.22. The van der Waals surface area contributed by atoms with Crippen LogP contribution in [0.1, 0.15) is 75.1 Å². The molecule has 0 unspecified atom stereocenters. The van der Waals surface area contributed by atoms with Crippen LogP contribution in [0.15, 0.2) is 16.8 Å². The fraction of sp³-hybridized carbons (Fsp3) is 0.647. The molecule has 0 bridgehead atoms. The van der Waals surface area contributed by atoms with Crippen molar-refractivity contribution < 1.29 is 4.42 Å². The molecule has 0 radical (unpaired) electrons. The number of hydrogen-bond donors (Lipinski definition) is 1. The van der Waals surface area contributed by atoms with E-state index in [9.17, 15) is 0 Å². The standard InChI is InChI=1S/C17H26N4O/c1-12(2)17-14(11-21(3)20-17)18-10-16-19-9-15(22-16)13-7-5-4-6-8-13/h9,11-13,18H,4-8,10H2,1-3H3. The maximum Gasteiger partial charge on any atom is 0.213 e. The SMILES string of the molecule is CC(C)c1nn(C)cc1NCc1ncc(C2CCCCC2)o1. The highest BCUT2D eigenvalue weighted by Gasteiger charge is 2.19. The molecule has 22 heavy (non-hydrogen) atoms. The Bertz CT molecular complexity index is 608. The van der Waals surface area contributed by atoms with Crippen LogP contribution >= 0.6 is 0 Å². The highest BCUT2D eigenvalue weighted by Crippen LogP contribution is 2.33. The van der Waals surface area contributed by atoms with E-state index in [0.717, 1.165) is 23.0 Å². The molecule has 2 heterocycles. The zero-order valence-corrected chi connectivity index (χ0v) is 13.8. The van der Waals surface area contributed by atoms with Crippen molar-refractivity contribution in [3.8, 4) is 0 Å². The fourth-order valence-corrected chi connectivity index (χ4v) is 3.22. The first-order chi connectivity index (χ1) is 10.6. The molecule has 1 N–H and O–H groups in total. The molecule has 0 spiro atoms. The Hall–Kier alpha value is -1.78. The van der Waals surface area contributed by atoms with Gasteiger partial charge in [-0.25, -0.2) is 4.98 Å². The third-order valence-corrected chi connectivity index (χ3v) is 4.41. The molecule has 2 aromatic heterocycles. The van der Waals surface area contributed by atoms with Crippen molar-refractivity contribution in [2.75, 3.05) is 5.32 Å². The van der Waals surface area contributed by atoms with Gasteiger partial charge < -0.3 is 9.73 Å². The predicted octanol–water partition coefficient (Wildman–Crippen LogP) is 4.19. The van der Waals surface area contributed by atoms with Crippen molar-refractivity contribution in [3.63, 3.8) is 0 Å². The molecular formula is C17H26N4O. The molecule has 1 fully saturated rings. The van der Waals surface area contributed by atoms with Crippen LogP contribution in [0, 0.1) is 0 Å². The maximum absolute atomic E-state index is 5.95. The molecule has 0 saturated heterocycles. The predicted molar refractivity (Wildman–Crippen MR) is 87.0 cm³/mol. The summed E-state index contributed by atoms with van der Waals surface area (Å²) in [4.78, 5) is 4.43. The lowest BCUT2D eigenvalue weighted by atomic mass is 9.88. The van der Waals surface area contributed by atoms with E-state index in [1.807, 2.05) is 24.1 Å². The van der Waals surface area contributed by atoms with Gasteiger partial charge in [-0.05, 0) is 18.8 Å². The quantitative estimate of drug-likeness (QED) is 0.899. The van der Waals surface area contributed by atoms with Crippen LogP contribution in [-0.4, -0.2) is 14.8 Å². The highest BCUT2D eigenvalue weighted by molar-refractivity contribution is 5.47. The van der Waals surface area contributed by atoms with Gasteiger partial charge in [0.2, 0.25) is 5.89 Å². The summed E-state index contributed by atoms with van der Waals surface area (Å²) in [6, 6.07) is 0. The van der Waals surface area contributed by atoms with E-state index in [-0.39, 0.29) is 0 Å². The zero-order valence-electron chi connectivity index (χ0n) is 13.8. The molecule has 0 atom stereocenters. The summed E-state index contributed by atoms with van der Waals surface area (Å²) in [7, 11) is 1.95. The second-order valence-corrected chi connectivity index (χ2v) is 6.60. The average molecular weight is 302 g/mol. The Morgan fingerprint density at radius 3 is 2.82 bits per heavy atom. The summed E-state index contributed by atoms with van der Waals surface area (Å²) in [5.41, 5.74) is 2.15. The Morgan fingerprint density at radius 2 is 2.09 bits per heavy atom. The summed E-state index contributed by atoms with van der Waals surface area (Å²) in [6.45, 7) is 4.91. The molecule has 2 aromatic rings. The largest absolute Gasteiger partial charge is 0.444 e. The Labute approximate surface area is 132 Å². The number of anilines is 1. The van der Waals surface area contributed by atoms with E-state index in [0.29, 0.717) is 18.4 Å². The average Bonchev–Trinajstić information content (AvgIpc) is 3.12. The number of nitrogens with zero attached hydrogens (tertiary/aromatic N) is 3. The topological polar surface area (TPSA) is 55.9 Å². The van der Waals surface area contributed by atoms with Gasteiger partial charge in [-0.1, -0.05) is 33.1 Å². The molecule has 120 valence electrons. The normalized spacial score (nSPS) is 16.4. The van der Waals surface area contributed by atoms with E-state index in [1.165, 1.54) is 32.1 Å². The van der Waals surface area contributed by atoms with Crippen molar-refractivity contribution in [1.82, 2.24) is 14.8 Å². The first-order valence-corrected chi connectivity index (χ1v) is 8.35. The van der Waals surface area contributed by atoms with Crippen LogP contribution in [0.4, 0.5) is 5.69 Å². The maximum atomic E-state index is 5.95. The van der Waals surface area contributed by atoms with Crippen molar-refractivity contribution >= 4 is 5.69 Å². The number of hydrogen-bond acceptors (Lipinski definition) is 4. The van der Waals surface area contributed by atoms with Crippen LogP contribution < -0.4 is 5.32 Å². The second-order valence-electron chi connectivity index (χ2n) is 6.60. The Morgan fingerprint density at radius 1 is 1.32 bits per heavy atom. The molecule has 0 aliphatic heterocycles. The van der Waals surface area contributed by atoms with E-state index in [4.69, 9.17) is 4.42 Å². The van der Waals surface area contributed by atoms with Gasteiger partial charge in [0.25, 0.3) is 0 Å². The Balaban J connectivity index is 1.63. The number of aromatic nitrogens is 3. The molecule has 0 aromatic carbocycles. The lowest BCUT2D eigenvalue weighted by molar-refractivity contribution is 0.361. The van der Waals surface area contributed by atoms with Gasteiger partial charge in [-0.2, -0.15) is 5.10 Å². The third kappa shape index (κ3) is 3.34. The number of rotatable bonds is 5. The molecule has 5 nitrogen and oxygen atoms in total. The van der Waals surface area contributed by atoms with Crippen LogP contribution in [-0.2, 0) is 13.6 Å². The molecular weight excluding hydrogens is 276 g/mol. The van der Waals surface area contributed by atoms with Crippen molar-refractivity contribution in [1.29, 1.82) is 0 Å². The first-order valence-electron chi connectivity index (χ1n) is 8.35. The molecule has 3 rings (SSSR count). The molecule has 0 amide bonds. The van der Waals surface area contributed by atoms with Gasteiger partial charge in [-0.3, -0.25) is 4.68 Å². The van der Waals surface area contributed by atoms with Crippen LogP contribution in [0.5, 0.6) is 0 Å². The number of aryl methyl sites for hydroxylation is 1. The molecule has 1 aliphatic carbocycles. The van der Waals surface area contributed by atoms with Gasteiger partial charge >= 0.3 is 0 Å². The van der Waals surface area contributed by atoms with Crippen LogP contribution in [0.2, 0.25) is 0 Å². The summed E-state index contributed by atoms with van der Waals surface area (Å²) in [5, 5.41) is 7.91. The van der Waals surface area contributed by atoms with Gasteiger partial charge in [0, 0.05) is 19.2 Å². The Kier molecular flexibility index (Phi) is 4.50. The zero-order chi connectivity index (χ0) is 15.5. The van der Waals surface area contributed by atoms with E-state index < -0.39 is 0 Å². The van der Waals surface area contributed by atoms with Gasteiger partial charge in [-0.15, -0.1) is 0 Å². The third-order valence-electron chi connectivity index (χ3n) is 4.41. The lowest BCUT2D eigenvalue weighted by Crippen LogP contribution is -2.03. The molecule has 1 aliphatic rings. The van der Waals surface area contributed by atoms with Gasteiger partial charge in [0.15, 0.2) is 0 Å². The number of oxazole rings is 1. The van der Waals surface area contributed by atoms with Crippen LogP contribution in [0.3, 0.4) is 0 Å². The van der Waals surface area contributed by atoms with E-state index >= 15 is 0 Å². The van der Waals surface area contributed by atoms with E-state index in [1.54, 1.807) is 0 Å². The minimum Gasteiger partial charge on any atom is -0.444 e. The van der Waals surface area contributed by atoms with Gasteiger partial charge in [0.05, 0.1) is 24.1 Å². The first kappa shape index (κ1) is 15.1. The minimum atomic E-state index is 0.394. The summed E-state index contributed by atoms with van der Waals surface area (Å²) in [5.74, 6) is 2.79. The summed E-state index contributed by atoms with van der Waals surface area (Å²) < 4.78 is 7.80. The monoisotopic (exact) mass is 302 g/mol. The minimum absolute atomic E-state index is 0.394. The lowest BCUT2D eigenvalue weighted by Gasteiger charge is -2.18. The molecule has 5 heteroatoms. The van der Waals surface area contributed by atoms with Crippen molar-refractivity contribution in [2.45, 2.75) is 64.3 Å². The van der Waals surface area contributed by atoms with Crippen molar-refractivity contribution in [3.05, 3.63) is 29.7 Å². The summed E-state index contributed by atoms with van der Waals surface area (Å²) in [6.07, 6.45) is 10.4. The summed E-state index contributed by atoms with van der Waals surface area (Å²) >= 11 is 0. The smallest absolute Gasteiger partial charge is 0.213 e. The second kappa shape index (κ2) is 6.55. The molecule has 1 saturated carbocycles. The van der Waals surface area contributed by atoms with E-state index in [2.05, 4.69) is 29.2 Å². The van der Waals surface area contributed by atoms with Crippen molar-refractivity contribution in [2.24, 2.45) is 7.05 Å². The van der Waals surface area contributed by atoms with Gasteiger partial charge in [0.1, 0.15) is 5.76 Å². The number of nitrogens with one attached hydrogen (secondary N) is 1. The van der Waals surface area contributed by atoms with Crippen LogP contribution in [0.25, 0.3) is 0 Å². The highest BCUT2D eigenvalue weighted by atomic mass is 16.4.